The third-order valence-electron chi connectivity index (χ3n) is 2.52. The van der Waals surface area contributed by atoms with Gasteiger partial charge in [-0.2, -0.15) is 4.99 Å². The van der Waals surface area contributed by atoms with Crippen LogP contribution in [-0.2, 0) is 4.79 Å². The maximum absolute atomic E-state index is 11.5. The average Bonchev–Trinajstić information content (AvgIpc) is 2.56. The second kappa shape index (κ2) is 4.28. The number of rotatable bonds is 2. The van der Waals surface area contributed by atoms with Gasteiger partial charge in [0.05, 0.1) is 4.92 Å². The minimum absolute atomic E-state index is 0.0358. The molecule has 1 aromatic carbocycles. The Kier molecular flexibility index (Phi) is 2.80. The molecular weight excluding hydrogens is 236 g/mol. The van der Waals surface area contributed by atoms with E-state index in [-0.39, 0.29) is 17.3 Å². The van der Waals surface area contributed by atoms with Crippen molar-refractivity contribution in [2.45, 2.75) is 0 Å². The van der Waals surface area contributed by atoms with Crippen LogP contribution in [0.5, 0.6) is 0 Å². The molecule has 0 fully saturated rings. The Morgan fingerprint density at radius 2 is 2.22 bits per heavy atom. The first-order chi connectivity index (χ1) is 8.49. The zero-order chi connectivity index (χ0) is 13.3. The van der Waals surface area contributed by atoms with E-state index < -0.39 is 10.8 Å². The molecule has 1 amide bonds. The molecule has 1 aliphatic heterocycles. The number of carbonyl (C=O) groups is 1. The highest BCUT2D eigenvalue weighted by Crippen LogP contribution is 2.19. The highest BCUT2D eigenvalue weighted by Gasteiger charge is 2.24. The van der Waals surface area contributed by atoms with E-state index in [1.807, 2.05) is 0 Å². The summed E-state index contributed by atoms with van der Waals surface area (Å²) in [6, 6.07) is 5.97. The summed E-state index contributed by atoms with van der Waals surface area (Å²) < 4.78 is 0. The molecule has 1 heterocycles. The van der Waals surface area contributed by atoms with E-state index in [2.05, 4.69) is 4.99 Å². The van der Waals surface area contributed by atoms with Crippen molar-refractivity contribution in [2.75, 3.05) is 7.05 Å². The number of benzene rings is 1. The van der Waals surface area contributed by atoms with Crippen LogP contribution in [0.1, 0.15) is 5.56 Å². The first-order valence-electron chi connectivity index (χ1n) is 5.07. The van der Waals surface area contributed by atoms with Gasteiger partial charge < -0.3 is 10.6 Å². The quantitative estimate of drug-likeness (QED) is 0.470. The molecular formula is C11H10N4O3. The molecule has 0 unspecified atom stereocenters. The van der Waals surface area contributed by atoms with E-state index in [1.54, 1.807) is 19.2 Å². The zero-order valence-electron chi connectivity index (χ0n) is 9.53. The smallest absolute Gasteiger partial charge is 0.296 e. The SMILES string of the molecule is CN1C(=Cc2cccc([N+](=O)[O-])c2)C(=O)N=C1N. The molecule has 0 bridgehead atoms. The van der Waals surface area contributed by atoms with Crippen molar-refractivity contribution < 1.29 is 9.72 Å². The third kappa shape index (κ3) is 2.05. The molecule has 0 aliphatic carbocycles. The summed E-state index contributed by atoms with van der Waals surface area (Å²) in [6.45, 7) is 0. The lowest BCUT2D eigenvalue weighted by Gasteiger charge is -2.10. The van der Waals surface area contributed by atoms with Crippen molar-refractivity contribution >= 4 is 23.6 Å². The second-order valence-electron chi connectivity index (χ2n) is 3.72. The number of nitrogens with zero attached hydrogens (tertiary/aromatic N) is 3. The fourth-order valence-electron chi connectivity index (χ4n) is 1.55. The fraction of sp³-hybridized carbons (Fsp3) is 0.0909. The number of guanidine groups is 1. The first kappa shape index (κ1) is 11.8. The molecule has 1 aliphatic rings. The van der Waals surface area contributed by atoms with Gasteiger partial charge in [-0.25, -0.2) is 0 Å². The Hall–Kier alpha value is -2.70. The third-order valence-corrected chi connectivity index (χ3v) is 2.52. The van der Waals surface area contributed by atoms with Crippen LogP contribution >= 0.6 is 0 Å². The molecule has 2 rings (SSSR count). The summed E-state index contributed by atoms with van der Waals surface area (Å²) in [5.41, 5.74) is 6.29. The Balaban J connectivity index is 2.37. The highest BCUT2D eigenvalue weighted by molar-refractivity contribution is 6.11. The van der Waals surface area contributed by atoms with Crippen molar-refractivity contribution in [3.8, 4) is 0 Å². The van der Waals surface area contributed by atoms with Gasteiger partial charge in [0, 0.05) is 19.2 Å². The molecule has 0 saturated heterocycles. The minimum atomic E-state index is -0.493. The van der Waals surface area contributed by atoms with Gasteiger partial charge >= 0.3 is 0 Å². The summed E-state index contributed by atoms with van der Waals surface area (Å²) in [4.78, 5) is 26.7. The van der Waals surface area contributed by atoms with Gasteiger partial charge in [-0.15, -0.1) is 0 Å². The van der Waals surface area contributed by atoms with Gasteiger partial charge in [-0.1, -0.05) is 12.1 Å². The largest absolute Gasteiger partial charge is 0.369 e. The minimum Gasteiger partial charge on any atom is -0.369 e. The van der Waals surface area contributed by atoms with E-state index >= 15 is 0 Å². The Morgan fingerprint density at radius 1 is 1.50 bits per heavy atom. The van der Waals surface area contributed by atoms with E-state index in [0.29, 0.717) is 5.56 Å². The van der Waals surface area contributed by atoms with Crippen molar-refractivity contribution in [1.82, 2.24) is 4.90 Å². The van der Waals surface area contributed by atoms with Crippen LogP contribution in [0, 0.1) is 10.1 Å². The molecule has 7 nitrogen and oxygen atoms in total. The van der Waals surface area contributed by atoms with Crippen LogP contribution < -0.4 is 5.73 Å². The van der Waals surface area contributed by atoms with E-state index in [1.165, 1.54) is 23.1 Å². The van der Waals surface area contributed by atoms with Crippen LogP contribution in [-0.4, -0.2) is 28.7 Å². The second-order valence-corrected chi connectivity index (χ2v) is 3.72. The molecule has 92 valence electrons. The molecule has 0 spiro atoms. The van der Waals surface area contributed by atoms with Gasteiger partial charge in [0.1, 0.15) is 5.70 Å². The monoisotopic (exact) mass is 246 g/mol. The maximum atomic E-state index is 11.5. The molecule has 7 heteroatoms. The van der Waals surface area contributed by atoms with Gasteiger partial charge in [-0.05, 0) is 11.6 Å². The lowest BCUT2D eigenvalue weighted by atomic mass is 10.1. The number of nitro benzene ring substituents is 1. The number of non-ortho nitro benzene ring substituents is 1. The molecule has 1 aromatic rings. The van der Waals surface area contributed by atoms with E-state index in [9.17, 15) is 14.9 Å². The van der Waals surface area contributed by atoms with Gasteiger partial charge in [0.25, 0.3) is 11.6 Å². The molecule has 0 atom stereocenters. The molecule has 0 radical (unpaired) electrons. The van der Waals surface area contributed by atoms with Crippen LogP contribution in [0.25, 0.3) is 6.08 Å². The topological polar surface area (TPSA) is 102 Å². The van der Waals surface area contributed by atoms with E-state index in [0.717, 1.165) is 0 Å². The van der Waals surface area contributed by atoms with Crippen molar-refractivity contribution in [3.05, 3.63) is 45.6 Å². The number of nitrogens with two attached hydrogens (primary N) is 1. The van der Waals surface area contributed by atoms with Crippen LogP contribution in [0.3, 0.4) is 0 Å². The van der Waals surface area contributed by atoms with Gasteiger partial charge in [-0.3, -0.25) is 14.9 Å². The zero-order valence-corrected chi connectivity index (χ0v) is 9.53. The highest BCUT2D eigenvalue weighted by atomic mass is 16.6. The number of amides is 1. The first-order valence-corrected chi connectivity index (χ1v) is 5.07. The van der Waals surface area contributed by atoms with Crippen LogP contribution in [0.2, 0.25) is 0 Å². The summed E-state index contributed by atoms with van der Waals surface area (Å²) in [6.07, 6.45) is 1.51. The summed E-state index contributed by atoms with van der Waals surface area (Å²) in [5, 5.41) is 10.6. The number of carbonyl (C=O) groups excluding carboxylic acids is 1. The summed E-state index contributed by atoms with van der Waals surface area (Å²) in [7, 11) is 1.60. The summed E-state index contributed by atoms with van der Waals surface area (Å²) >= 11 is 0. The number of nitro groups is 1. The van der Waals surface area contributed by atoms with Gasteiger partial charge in [0.15, 0.2) is 0 Å². The number of aliphatic imine (C=N–C) groups is 1. The Labute approximate surface area is 102 Å². The predicted octanol–water partition coefficient (Wildman–Crippen LogP) is 0.722. The van der Waals surface area contributed by atoms with Gasteiger partial charge in [0.2, 0.25) is 5.96 Å². The standard InChI is InChI=1S/C11H10N4O3/c1-14-9(10(16)13-11(14)12)6-7-3-2-4-8(5-7)15(17)18/h2-6H,1H3,(H2,12,13,16). The predicted molar refractivity (Wildman–Crippen MR) is 65.5 cm³/mol. The van der Waals surface area contributed by atoms with Crippen molar-refractivity contribution in [3.63, 3.8) is 0 Å². The van der Waals surface area contributed by atoms with E-state index in [4.69, 9.17) is 5.73 Å². The van der Waals surface area contributed by atoms with Crippen molar-refractivity contribution in [2.24, 2.45) is 10.7 Å². The maximum Gasteiger partial charge on any atom is 0.296 e. The molecule has 0 saturated carbocycles. The normalized spacial score (nSPS) is 17.2. The number of likely N-dealkylation sites (N-methyl/N-ethyl adjacent to an activating group) is 1. The molecule has 18 heavy (non-hydrogen) atoms. The average molecular weight is 246 g/mol. The fourth-order valence-corrected chi connectivity index (χ4v) is 1.55. The van der Waals surface area contributed by atoms with Crippen LogP contribution in [0.15, 0.2) is 35.0 Å². The number of hydrogen-bond donors (Lipinski definition) is 1. The Morgan fingerprint density at radius 3 is 2.78 bits per heavy atom. The molecule has 2 N–H and O–H groups in total. The van der Waals surface area contributed by atoms with Crippen molar-refractivity contribution in [1.29, 1.82) is 0 Å². The number of hydrogen-bond acceptors (Lipinski definition) is 5. The summed E-state index contributed by atoms with van der Waals surface area (Å²) in [5.74, 6) is -0.349. The Bertz CT molecular complexity index is 592. The van der Waals surface area contributed by atoms with Crippen LogP contribution in [0.4, 0.5) is 5.69 Å². The molecule has 0 aromatic heterocycles. The lowest BCUT2D eigenvalue weighted by Crippen LogP contribution is -2.28. The lowest BCUT2D eigenvalue weighted by molar-refractivity contribution is -0.384.